The van der Waals surface area contributed by atoms with Crippen LogP contribution in [0.2, 0.25) is 5.02 Å². The highest BCUT2D eigenvalue weighted by molar-refractivity contribution is 7.99. The molecule has 146 valence electrons. The molecule has 1 amide bonds. The zero-order chi connectivity index (χ0) is 20.4. The number of nitrogens with two attached hydrogens (primary N) is 1. The molecule has 0 radical (unpaired) electrons. The Morgan fingerprint density at radius 3 is 2.97 bits per heavy atom. The second kappa shape index (κ2) is 8.25. The fraction of sp³-hybridized carbons (Fsp3) is 0.200. The number of carbonyl (C=O) groups excluding carboxylic acids is 1. The first-order valence-corrected chi connectivity index (χ1v) is 10.2. The van der Waals surface area contributed by atoms with Crippen molar-refractivity contribution >= 4 is 46.0 Å². The number of nitrogens with zero attached hydrogens (tertiary/aromatic N) is 3. The molecule has 0 aliphatic carbocycles. The smallest absolute Gasteiger partial charge is 0.231 e. The number of nitrogens with one attached hydrogen (secondary N) is 1. The number of halogens is 1. The summed E-state index contributed by atoms with van der Waals surface area (Å²) >= 11 is 7.85. The van der Waals surface area contributed by atoms with Gasteiger partial charge in [-0.05, 0) is 34.0 Å². The van der Waals surface area contributed by atoms with Gasteiger partial charge in [0.25, 0.3) is 0 Å². The summed E-state index contributed by atoms with van der Waals surface area (Å²) in [4.78, 5) is 20.4. The zero-order valence-corrected chi connectivity index (χ0v) is 16.8. The Hall–Kier alpha value is -2.86. The van der Waals surface area contributed by atoms with Gasteiger partial charge in [-0.2, -0.15) is 5.26 Å². The number of rotatable bonds is 5. The first-order valence-electron chi connectivity index (χ1n) is 8.79. The van der Waals surface area contributed by atoms with Crippen LogP contribution in [0.4, 0.5) is 5.95 Å². The fourth-order valence-electron chi connectivity index (χ4n) is 3.35. The van der Waals surface area contributed by atoms with E-state index >= 15 is 0 Å². The molecule has 3 aromatic rings. The number of hydrogen-bond donors (Lipinski definition) is 2. The molecule has 4 rings (SSSR count). The van der Waals surface area contributed by atoms with Gasteiger partial charge in [0.1, 0.15) is 11.6 Å². The third-order valence-corrected chi connectivity index (χ3v) is 5.70. The lowest BCUT2D eigenvalue weighted by Crippen LogP contribution is -2.25. The molecule has 29 heavy (non-hydrogen) atoms. The number of carbonyl (C=O) groups is 1. The summed E-state index contributed by atoms with van der Waals surface area (Å²) in [6.07, 6.45) is 0. The molecular formula is C20H16ClN5O2S. The highest BCUT2D eigenvalue weighted by Crippen LogP contribution is 2.40. The molecule has 1 aliphatic heterocycles. The Morgan fingerprint density at radius 1 is 1.31 bits per heavy atom. The van der Waals surface area contributed by atoms with E-state index in [-0.39, 0.29) is 24.2 Å². The van der Waals surface area contributed by atoms with Crippen LogP contribution in [0.15, 0.2) is 35.4 Å². The number of benzene rings is 2. The third-order valence-electron chi connectivity index (χ3n) is 4.49. The summed E-state index contributed by atoms with van der Waals surface area (Å²) in [6.45, 7) is 1.03. The van der Waals surface area contributed by atoms with E-state index in [2.05, 4.69) is 15.3 Å². The van der Waals surface area contributed by atoms with Crippen LogP contribution in [0.3, 0.4) is 0 Å². The molecule has 2 heterocycles. The van der Waals surface area contributed by atoms with Crippen molar-refractivity contribution in [1.29, 1.82) is 5.26 Å². The number of hydrogen-bond acceptors (Lipinski definition) is 7. The van der Waals surface area contributed by atoms with Gasteiger partial charge in [0.2, 0.25) is 11.9 Å². The maximum Gasteiger partial charge on any atom is 0.231 e. The van der Waals surface area contributed by atoms with Crippen LogP contribution in [-0.2, 0) is 22.7 Å². The van der Waals surface area contributed by atoms with E-state index in [1.807, 2.05) is 30.3 Å². The molecule has 7 nitrogen and oxygen atoms in total. The predicted molar refractivity (Wildman–Crippen MR) is 112 cm³/mol. The topological polar surface area (TPSA) is 114 Å². The van der Waals surface area contributed by atoms with E-state index in [0.29, 0.717) is 29.0 Å². The van der Waals surface area contributed by atoms with E-state index in [1.165, 1.54) is 11.8 Å². The molecule has 9 heteroatoms. The molecule has 0 bridgehead atoms. The van der Waals surface area contributed by atoms with Gasteiger partial charge in [0.15, 0.2) is 0 Å². The fourth-order valence-corrected chi connectivity index (χ4v) is 4.42. The number of aromatic nitrogens is 2. The van der Waals surface area contributed by atoms with Crippen molar-refractivity contribution in [2.45, 2.75) is 18.2 Å². The first-order chi connectivity index (χ1) is 14.1. The summed E-state index contributed by atoms with van der Waals surface area (Å²) in [5.41, 5.74) is 9.45. The minimum Gasteiger partial charge on any atom is -0.372 e. The standard InChI is InChI=1S/C20H16ClN5O2S/c21-14-6-12-9-28-8-11-2-1-3-13(18(11)12)19(14)15-7-17(26-20(23)25-15)29-10-16(27)24-5-4-22/h1-3,6-7H,5,8-10H2,(H,24,27)(H2,23,25,26). The average molecular weight is 426 g/mol. The molecule has 0 unspecified atom stereocenters. The Balaban J connectivity index is 1.74. The normalized spacial score (nSPS) is 12.6. The lowest BCUT2D eigenvalue weighted by Gasteiger charge is -2.20. The van der Waals surface area contributed by atoms with Gasteiger partial charge in [0.05, 0.1) is 35.8 Å². The predicted octanol–water partition coefficient (Wildman–Crippen LogP) is 3.29. The Bertz CT molecular complexity index is 1160. The number of nitriles is 1. The van der Waals surface area contributed by atoms with Crippen molar-refractivity contribution < 1.29 is 9.53 Å². The largest absolute Gasteiger partial charge is 0.372 e. The molecular weight excluding hydrogens is 410 g/mol. The molecule has 0 atom stereocenters. The quantitative estimate of drug-likeness (QED) is 0.366. The van der Waals surface area contributed by atoms with Gasteiger partial charge in [-0.3, -0.25) is 4.79 Å². The second-order valence-corrected chi connectivity index (χ2v) is 7.80. The molecule has 1 aliphatic rings. The van der Waals surface area contributed by atoms with Crippen molar-refractivity contribution in [3.8, 4) is 17.3 Å². The van der Waals surface area contributed by atoms with E-state index in [0.717, 1.165) is 27.5 Å². The van der Waals surface area contributed by atoms with Crippen molar-refractivity contribution in [2.75, 3.05) is 18.0 Å². The first kappa shape index (κ1) is 19.5. The summed E-state index contributed by atoms with van der Waals surface area (Å²) in [6, 6.07) is 11.6. The Kier molecular flexibility index (Phi) is 5.53. The minimum absolute atomic E-state index is 0.0312. The van der Waals surface area contributed by atoms with Crippen molar-refractivity contribution in [1.82, 2.24) is 15.3 Å². The van der Waals surface area contributed by atoms with Gasteiger partial charge in [-0.15, -0.1) is 0 Å². The van der Waals surface area contributed by atoms with Crippen molar-refractivity contribution in [3.63, 3.8) is 0 Å². The van der Waals surface area contributed by atoms with Crippen LogP contribution >= 0.6 is 23.4 Å². The van der Waals surface area contributed by atoms with Gasteiger partial charge < -0.3 is 15.8 Å². The van der Waals surface area contributed by atoms with Crippen LogP contribution in [0.1, 0.15) is 11.1 Å². The van der Waals surface area contributed by atoms with Gasteiger partial charge in [0, 0.05) is 5.56 Å². The molecule has 0 fully saturated rings. The summed E-state index contributed by atoms with van der Waals surface area (Å²) in [7, 11) is 0. The van der Waals surface area contributed by atoms with Gasteiger partial charge in [-0.25, -0.2) is 9.97 Å². The second-order valence-electron chi connectivity index (χ2n) is 6.40. The molecule has 1 aromatic heterocycles. The van der Waals surface area contributed by atoms with Crippen LogP contribution in [-0.4, -0.2) is 28.2 Å². The number of ether oxygens (including phenoxy) is 1. The average Bonchev–Trinajstić information content (AvgIpc) is 2.70. The summed E-state index contributed by atoms with van der Waals surface area (Å²) in [5, 5.41) is 14.3. The molecule has 2 aromatic carbocycles. The van der Waals surface area contributed by atoms with Crippen LogP contribution in [0.25, 0.3) is 22.0 Å². The lowest BCUT2D eigenvalue weighted by molar-refractivity contribution is -0.118. The number of amides is 1. The maximum absolute atomic E-state index is 11.8. The number of anilines is 1. The van der Waals surface area contributed by atoms with E-state index in [4.69, 9.17) is 27.3 Å². The van der Waals surface area contributed by atoms with Crippen molar-refractivity contribution in [2.24, 2.45) is 0 Å². The van der Waals surface area contributed by atoms with Crippen molar-refractivity contribution in [3.05, 3.63) is 46.5 Å². The summed E-state index contributed by atoms with van der Waals surface area (Å²) in [5.74, 6) is -0.0378. The van der Waals surface area contributed by atoms with E-state index in [1.54, 1.807) is 6.07 Å². The third kappa shape index (κ3) is 3.98. The van der Waals surface area contributed by atoms with Gasteiger partial charge >= 0.3 is 0 Å². The van der Waals surface area contributed by atoms with E-state index < -0.39 is 0 Å². The van der Waals surface area contributed by atoms with Crippen LogP contribution < -0.4 is 11.1 Å². The summed E-state index contributed by atoms with van der Waals surface area (Å²) < 4.78 is 5.64. The molecule has 0 saturated heterocycles. The highest BCUT2D eigenvalue weighted by Gasteiger charge is 2.20. The molecule has 3 N–H and O–H groups in total. The molecule has 0 spiro atoms. The molecule has 0 saturated carbocycles. The number of thioether (sulfide) groups is 1. The SMILES string of the molecule is N#CCNC(=O)CSc1cc(-c2c(Cl)cc3c4c(cccc24)COC3)nc(N)n1. The lowest BCUT2D eigenvalue weighted by atomic mass is 9.93. The zero-order valence-electron chi connectivity index (χ0n) is 15.2. The van der Waals surface area contributed by atoms with Crippen LogP contribution in [0.5, 0.6) is 0 Å². The number of nitrogen functional groups attached to an aromatic ring is 1. The maximum atomic E-state index is 11.8. The minimum atomic E-state index is -0.255. The van der Waals surface area contributed by atoms with Crippen LogP contribution in [0, 0.1) is 11.3 Å². The Labute approximate surface area is 176 Å². The van der Waals surface area contributed by atoms with E-state index in [9.17, 15) is 4.79 Å². The highest BCUT2D eigenvalue weighted by atomic mass is 35.5. The monoisotopic (exact) mass is 425 g/mol. The Morgan fingerprint density at radius 2 is 2.14 bits per heavy atom. The van der Waals surface area contributed by atoms with Gasteiger partial charge in [-0.1, -0.05) is 41.6 Å².